The van der Waals surface area contributed by atoms with Crippen molar-refractivity contribution in [3.63, 3.8) is 0 Å². The molecule has 0 aromatic carbocycles. The van der Waals surface area contributed by atoms with E-state index in [2.05, 4.69) is 89.0 Å². The van der Waals surface area contributed by atoms with Crippen LogP contribution in [0.2, 0.25) is 0 Å². The van der Waals surface area contributed by atoms with Gasteiger partial charge in [-0.15, -0.1) is 0 Å². The highest BCUT2D eigenvalue weighted by molar-refractivity contribution is 7.80. The van der Waals surface area contributed by atoms with Gasteiger partial charge in [0.15, 0.2) is 5.96 Å². The third kappa shape index (κ3) is 12.0. The Kier molecular flexibility index (Phi) is 15.6. The molecule has 0 saturated heterocycles. The third-order valence-corrected chi connectivity index (χ3v) is 8.97. The lowest BCUT2D eigenvalue weighted by molar-refractivity contribution is -0.126. The first-order valence-corrected chi connectivity index (χ1v) is 14.6. The first kappa shape index (κ1) is 35.0. The Bertz CT molecular complexity index is 672. The number of ether oxygens (including phenoxy) is 1. The molecular weight excluding hydrogens is 470 g/mol. The number of nitrogens with zero attached hydrogens (tertiary/aromatic N) is 1. The van der Waals surface area contributed by atoms with E-state index >= 15 is 0 Å². The molecule has 214 valence electrons. The zero-order valence-electron chi connectivity index (χ0n) is 25.1. The maximum absolute atomic E-state index is 13.0. The molecular formula is C28H59N5O2S. The summed E-state index contributed by atoms with van der Waals surface area (Å²) >= 11 is 4.62. The lowest BCUT2D eigenvalue weighted by Crippen LogP contribution is -2.54. The fourth-order valence-electron chi connectivity index (χ4n) is 4.63. The van der Waals surface area contributed by atoms with Crippen LogP contribution in [0.5, 0.6) is 0 Å². The highest BCUT2D eigenvalue weighted by Crippen LogP contribution is 2.40. The summed E-state index contributed by atoms with van der Waals surface area (Å²) in [6.07, 6.45) is 7.08. The second-order valence-electron chi connectivity index (χ2n) is 11.8. The molecule has 0 heterocycles. The summed E-state index contributed by atoms with van der Waals surface area (Å²) in [7, 11) is 3.55. The third-order valence-electron chi connectivity index (χ3n) is 8.21. The SMILES string of the molecule is CCC(C)(COC(C)(CC)CC(C)(CC)CS)CC(C)(CC)NC(=O)C(N)CCCNC(=NC)NC. The van der Waals surface area contributed by atoms with Crippen molar-refractivity contribution >= 4 is 24.5 Å². The Hall–Kier alpha value is -0.990. The molecule has 0 aliphatic heterocycles. The number of thiol groups is 1. The van der Waals surface area contributed by atoms with Crippen LogP contribution in [0.25, 0.3) is 0 Å². The molecule has 0 aromatic heterocycles. The van der Waals surface area contributed by atoms with Crippen molar-refractivity contribution in [2.75, 3.05) is 33.0 Å². The fraction of sp³-hybridized carbons (Fsp3) is 0.929. The van der Waals surface area contributed by atoms with Crippen LogP contribution in [-0.4, -0.2) is 62.0 Å². The Morgan fingerprint density at radius 1 is 1.00 bits per heavy atom. The van der Waals surface area contributed by atoms with Gasteiger partial charge < -0.3 is 26.4 Å². The van der Waals surface area contributed by atoms with Crippen molar-refractivity contribution in [2.24, 2.45) is 21.6 Å². The summed E-state index contributed by atoms with van der Waals surface area (Å²) in [5.74, 6) is 1.51. The van der Waals surface area contributed by atoms with E-state index in [0.717, 1.165) is 56.7 Å². The van der Waals surface area contributed by atoms with Gasteiger partial charge in [-0.25, -0.2) is 0 Å². The molecule has 8 heteroatoms. The highest BCUT2D eigenvalue weighted by Gasteiger charge is 2.39. The van der Waals surface area contributed by atoms with Crippen LogP contribution in [0.3, 0.4) is 0 Å². The molecule has 0 radical (unpaired) electrons. The van der Waals surface area contributed by atoms with Crippen molar-refractivity contribution in [2.45, 2.75) is 124 Å². The molecule has 1 amide bonds. The number of nitrogens with one attached hydrogen (secondary N) is 3. The molecule has 5 atom stereocenters. The maximum atomic E-state index is 13.0. The topological polar surface area (TPSA) is 101 Å². The number of carbonyl (C=O) groups is 1. The van der Waals surface area contributed by atoms with Crippen molar-refractivity contribution in [3.05, 3.63) is 0 Å². The smallest absolute Gasteiger partial charge is 0.237 e. The summed E-state index contributed by atoms with van der Waals surface area (Å²) < 4.78 is 6.69. The molecule has 7 nitrogen and oxygen atoms in total. The van der Waals surface area contributed by atoms with Crippen LogP contribution < -0.4 is 21.7 Å². The number of rotatable bonds is 18. The van der Waals surface area contributed by atoms with Gasteiger partial charge in [0.2, 0.25) is 5.91 Å². The van der Waals surface area contributed by atoms with Crippen molar-refractivity contribution < 1.29 is 9.53 Å². The molecule has 36 heavy (non-hydrogen) atoms. The molecule has 0 spiro atoms. The second kappa shape index (κ2) is 16.1. The Morgan fingerprint density at radius 3 is 2.06 bits per heavy atom. The first-order valence-electron chi connectivity index (χ1n) is 13.9. The van der Waals surface area contributed by atoms with Crippen molar-refractivity contribution in [1.82, 2.24) is 16.0 Å². The lowest BCUT2D eigenvalue weighted by atomic mass is 9.74. The summed E-state index contributed by atoms with van der Waals surface area (Å²) in [6.45, 7) is 19.1. The maximum Gasteiger partial charge on any atom is 0.237 e. The second-order valence-corrected chi connectivity index (χ2v) is 12.1. The zero-order valence-corrected chi connectivity index (χ0v) is 26.0. The minimum atomic E-state index is -0.533. The van der Waals surface area contributed by atoms with Crippen LogP contribution in [0, 0.1) is 10.8 Å². The summed E-state index contributed by atoms with van der Waals surface area (Å²) in [4.78, 5) is 17.1. The molecule has 0 bridgehead atoms. The monoisotopic (exact) mass is 529 g/mol. The molecule has 0 fully saturated rings. The first-order chi connectivity index (χ1) is 16.7. The Labute approximate surface area is 228 Å². The quantitative estimate of drug-likeness (QED) is 0.0752. The number of amides is 1. The van der Waals surface area contributed by atoms with Gasteiger partial charge in [0.1, 0.15) is 0 Å². The Morgan fingerprint density at radius 2 is 1.61 bits per heavy atom. The van der Waals surface area contributed by atoms with E-state index in [1.54, 1.807) is 7.05 Å². The highest BCUT2D eigenvalue weighted by atomic mass is 32.1. The summed E-state index contributed by atoms with van der Waals surface area (Å²) in [5.41, 5.74) is 5.82. The number of hydrogen-bond donors (Lipinski definition) is 5. The predicted molar refractivity (Wildman–Crippen MR) is 159 cm³/mol. The van der Waals surface area contributed by atoms with E-state index in [-0.39, 0.29) is 27.9 Å². The van der Waals surface area contributed by atoms with Crippen LogP contribution in [0.15, 0.2) is 4.99 Å². The van der Waals surface area contributed by atoms with Crippen molar-refractivity contribution in [1.29, 1.82) is 0 Å². The lowest BCUT2D eigenvalue weighted by Gasteiger charge is -2.43. The van der Waals surface area contributed by atoms with E-state index in [9.17, 15) is 4.79 Å². The van der Waals surface area contributed by atoms with Gasteiger partial charge in [-0.2, -0.15) is 12.6 Å². The molecule has 0 rings (SSSR count). The minimum Gasteiger partial charge on any atom is -0.375 e. The summed E-state index contributed by atoms with van der Waals surface area (Å²) in [6, 6.07) is -0.533. The van der Waals surface area contributed by atoms with Crippen molar-refractivity contribution in [3.8, 4) is 0 Å². The number of guanidine groups is 1. The van der Waals surface area contributed by atoms with E-state index in [0.29, 0.717) is 19.6 Å². The largest absolute Gasteiger partial charge is 0.375 e. The number of nitrogens with two attached hydrogens (primary N) is 1. The average molecular weight is 530 g/mol. The summed E-state index contributed by atoms with van der Waals surface area (Å²) in [5, 5.41) is 9.47. The van der Waals surface area contributed by atoms with Gasteiger partial charge >= 0.3 is 0 Å². The predicted octanol–water partition coefficient (Wildman–Crippen LogP) is 4.90. The number of hydrogen-bond acceptors (Lipinski definition) is 5. The number of carbonyl (C=O) groups excluding carboxylic acids is 1. The molecule has 5 N–H and O–H groups in total. The normalized spacial score (nSPS) is 19.8. The van der Waals surface area contributed by atoms with E-state index in [1.165, 1.54) is 0 Å². The standard InChI is InChI=1S/C28H59N5O2S/c1-11-25(5,20-35-28(8,14-4)19-26(6,12-2)21-36)18-27(7,13-3)33-23(34)22(29)16-15-17-32-24(30-9)31-10/h22,36H,11-21,29H2,1-10H3,(H,33,34)(H2,30,31,32). The van der Waals surface area contributed by atoms with Gasteiger partial charge in [0, 0.05) is 26.2 Å². The molecule has 0 aliphatic carbocycles. The van der Waals surface area contributed by atoms with E-state index in [1.807, 2.05) is 7.05 Å². The van der Waals surface area contributed by atoms with Crippen LogP contribution in [0.4, 0.5) is 0 Å². The fourth-order valence-corrected chi connectivity index (χ4v) is 4.96. The van der Waals surface area contributed by atoms with Gasteiger partial charge in [-0.3, -0.25) is 9.79 Å². The van der Waals surface area contributed by atoms with Gasteiger partial charge in [0.05, 0.1) is 18.2 Å². The number of aliphatic imine (C=N–C) groups is 1. The van der Waals surface area contributed by atoms with E-state index in [4.69, 9.17) is 10.5 Å². The van der Waals surface area contributed by atoms with Crippen LogP contribution in [0.1, 0.15) is 107 Å². The van der Waals surface area contributed by atoms with Crippen LogP contribution in [-0.2, 0) is 9.53 Å². The zero-order chi connectivity index (χ0) is 28.0. The average Bonchev–Trinajstić information content (AvgIpc) is 2.87. The van der Waals surface area contributed by atoms with Gasteiger partial charge in [0.25, 0.3) is 0 Å². The minimum absolute atomic E-state index is 0.0604. The molecule has 5 unspecified atom stereocenters. The van der Waals surface area contributed by atoms with Gasteiger partial charge in [-0.05, 0) is 81.8 Å². The van der Waals surface area contributed by atoms with E-state index < -0.39 is 6.04 Å². The Balaban J connectivity index is 5.14. The van der Waals surface area contributed by atoms with Crippen LogP contribution >= 0.6 is 12.6 Å². The molecule has 0 aliphatic rings. The molecule has 0 aromatic rings. The van der Waals surface area contributed by atoms with Gasteiger partial charge in [-0.1, -0.05) is 41.5 Å². The molecule has 0 saturated carbocycles.